The summed E-state index contributed by atoms with van der Waals surface area (Å²) in [4.78, 5) is 0. The van der Waals surface area contributed by atoms with E-state index >= 15 is 0 Å². The molecule has 4 rings (SSSR count). The highest BCUT2D eigenvalue weighted by atomic mass is 19.3. The number of fused-ring (bicyclic) bond motifs is 1. The minimum absolute atomic E-state index is 0.0881. The summed E-state index contributed by atoms with van der Waals surface area (Å²) in [7, 11) is 0. The maximum Gasteiger partial charge on any atom is 0.586 e. The van der Waals surface area contributed by atoms with Gasteiger partial charge in [0.2, 0.25) is 0 Å². The summed E-state index contributed by atoms with van der Waals surface area (Å²) < 4.78 is 63.7. The van der Waals surface area contributed by atoms with E-state index in [1.54, 1.807) is 31.2 Å². The van der Waals surface area contributed by atoms with Crippen molar-refractivity contribution in [2.45, 2.75) is 19.8 Å². The lowest BCUT2D eigenvalue weighted by atomic mass is 9.99. The minimum Gasteiger partial charge on any atom is -0.395 e. The highest BCUT2D eigenvalue weighted by molar-refractivity contribution is 5.73. The highest BCUT2D eigenvalue weighted by Gasteiger charge is 2.43. The average molecular weight is 389 g/mol. The lowest BCUT2D eigenvalue weighted by Crippen LogP contribution is -2.25. The standard InChI is InChI=1S/C21H15F4NO2/c1-12-8-19-20(28-21(24,25)27-19)10-16(12)15-7-6-14(9-18(15)23)26-11-13-4-2-3-5-17(13)22/h2-10,26H,11H2,1H3. The van der Waals surface area contributed by atoms with Crippen molar-refractivity contribution >= 4 is 5.69 Å². The van der Waals surface area contributed by atoms with E-state index in [0.29, 0.717) is 22.4 Å². The molecule has 1 aliphatic heterocycles. The first kappa shape index (κ1) is 18.2. The molecule has 0 atom stereocenters. The summed E-state index contributed by atoms with van der Waals surface area (Å²) >= 11 is 0. The number of nitrogens with one attached hydrogen (secondary N) is 1. The molecule has 7 heteroatoms. The smallest absolute Gasteiger partial charge is 0.395 e. The molecule has 0 saturated heterocycles. The van der Waals surface area contributed by atoms with Crippen molar-refractivity contribution in [2.75, 3.05) is 5.32 Å². The zero-order chi connectivity index (χ0) is 19.9. The van der Waals surface area contributed by atoms with Crippen LogP contribution in [0, 0.1) is 18.6 Å². The molecule has 0 aromatic heterocycles. The number of halogens is 4. The third-order valence-electron chi connectivity index (χ3n) is 4.45. The molecule has 1 aliphatic rings. The van der Waals surface area contributed by atoms with Crippen LogP contribution >= 0.6 is 0 Å². The summed E-state index contributed by atoms with van der Waals surface area (Å²) in [5.74, 6) is -1.13. The van der Waals surface area contributed by atoms with Crippen molar-refractivity contribution in [1.82, 2.24) is 0 Å². The summed E-state index contributed by atoms with van der Waals surface area (Å²) in [6.45, 7) is 1.86. The van der Waals surface area contributed by atoms with Gasteiger partial charge in [0.15, 0.2) is 11.5 Å². The Morgan fingerprint density at radius 3 is 2.29 bits per heavy atom. The van der Waals surface area contributed by atoms with E-state index < -0.39 is 12.1 Å². The van der Waals surface area contributed by atoms with Gasteiger partial charge < -0.3 is 14.8 Å². The molecule has 28 heavy (non-hydrogen) atoms. The van der Waals surface area contributed by atoms with Crippen LogP contribution in [0.4, 0.5) is 23.2 Å². The first-order valence-corrected chi connectivity index (χ1v) is 8.50. The molecule has 0 fully saturated rings. The first-order valence-electron chi connectivity index (χ1n) is 8.50. The second-order valence-electron chi connectivity index (χ2n) is 6.42. The lowest BCUT2D eigenvalue weighted by molar-refractivity contribution is -0.286. The van der Waals surface area contributed by atoms with Gasteiger partial charge in [-0.2, -0.15) is 0 Å². The largest absolute Gasteiger partial charge is 0.586 e. The van der Waals surface area contributed by atoms with Crippen LogP contribution in [-0.2, 0) is 6.54 Å². The van der Waals surface area contributed by atoms with Gasteiger partial charge in [0.1, 0.15) is 11.6 Å². The number of aryl methyl sites for hydroxylation is 1. The van der Waals surface area contributed by atoms with Crippen LogP contribution in [0.15, 0.2) is 54.6 Å². The predicted octanol–water partition coefficient (Wildman–Crippen LogP) is 5.87. The molecule has 3 aromatic carbocycles. The fourth-order valence-electron chi connectivity index (χ4n) is 3.07. The number of hydrogen-bond acceptors (Lipinski definition) is 3. The van der Waals surface area contributed by atoms with E-state index in [1.807, 2.05) is 0 Å². The fraction of sp³-hybridized carbons (Fsp3) is 0.143. The average Bonchev–Trinajstić information content (AvgIpc) is 2.93. The SMILES string of the molecule is Cc1cc2c(cc1-c1ccc(NCc3ccccc3F)cc1F)OC(F)(F)O2. The summed E-state index contributed by atoms with van der Waals surface area (Å²) in [5, 5.41) is 2.96. The van der Waals surface area contributed by atoms with Gasteiger partial charge >= 0.3 is 6.29 Å². The molecule has 144 valence electrons. The number of rotatable bonds is 4. The molecule has 0 unspecified atom stereocenters. The van der Waals surface area contributed by atoms with Crippen LogP contribution in [0.2, 0.25) is 0 Å². The van der Waals surface area contributed by atoms with Crippen LogP contribution in [0.5, 0.6) is 11.5 Å². The maximum atomic E-state index is 14.7. The summed E-state index contributed by atoms with van der Waals surface area (Å²) in [6.07, 6.45) is -3.73. The first-order chi connectivity index (χ1) is 13.3. The third-order valence-corrected chi connectivity index (χ3v) is 4.45. The molecule has 3 nitrogen and oxygen atoms in total. The minimum atomic E-state index is -3.73. The topological polar surface area (TPSA) is 30.5 Å². The Bertz CT molecular complexity index is 1050. The second kappa shape index (κ2) is 6.74. The number of hydrogen-bond donors (Lipinski definition) is 1. The van der Waals surface area contributed by atoms with Gasteiger partial charge in [-0.15, -0.1) is 8.78 Å². The molecule has 3 aromatic rings. The van der Waals surface area contributed by atoms with Gasteiger partial charge in [-0.3, -0.25) is 0 Å². The summed E-state index contributed by atoms with van der Waals surface area (Å²) in [5.41, 5.74) is 2.13. The molecule has 0 bridgehead atoms. The Kier molecular flexibility index (Phi) is 4.37. The normalized spacial score (nSPS) is 14.2. The summed E-state index contributed by atoms with van der Waals surface area (Å²) in [6, 6.07) is 13.5. The van der Waals surface area contributed by atoms with E-state index in [4.69, 9.17) is 0 Å². The Hall–Kier alpha value is -3.22. The van der Waals surface area contributed by atoms with Crippen molar-refractivity contribution in [3.63, 3.8) is 0 Å². The van der Waals surface area contributed by atoms with Crippen LogP contribution in [-0.4, -0.2) is 6.29 Å². The number of anilines is 1. The molecule has 1 heterocycles. The van der Waals surface area contributed by atoms with Gasteiger partial charge in [-0.1, -0.05) is 18.2 Å². The van der Waals surface area contributed by atoms with Gasteiger partial charge in [0.25, 0.3) is 0 Å². The van der Waals surface area contributed by atoms with E-state index in [0.717, 1.165) is 0 Å². The van der Waals surface area contributed by atoms with E-state index in [1.165, 1.54) is 30.3 Å². The maximum absolute atomic E-state index is 14.7. The van der Waals surface area contributed by atoms with Crippen LogP contribution in [0.1, 0.15) is 11.1 Å². The Morgan fingerprint density at radius 2 is 1.57 bits per heavy atom. The molecule has 0 saturated carbocycles. The Balaban J connectivity index is 1.58. The van der Waals surface area contributed by atoms with Crippen molar-refractivity contribution in [2.24, 2.45) is 0 Å². The van der Waals surface area contributed by atoms with Crippen LogP contribution in [0.25, 0.3) is 11.1 Å². The van der Waals surface area contributed by atoms with Crippen molar-refractivity contribution in [3.8, 4) is 22.6 Å². The number of benzene rings is 3. The molecule has 0 amide bonds. The predicted molar refractivity (Wildman–Crippen MR) is 96.5 cm³/mol. The number of alkyl halides is 2. The molecule has 0 aliphatic carbocycles. The zero-order valence-electron chi connectivity index (χ0n) is 14.7. The lowest BCUT2D eigenvalue weighted by Gasteiger charge is -2.12. The van der Waals surface area contributed by atoms with E-state index in [9.17, 15) is 17.6 Å². The molecule has 0 radical (unpaired) electrons. The van der Waals surface area contributed by atoms with Gasteiger partial charge in [0.05, 0.1) is 0 Å². The third kappa shape index (κ3) is 3.47. The fourth-order valence-corrected chi connectivity index (χ4v) is 3.07. The highest BCUT2D eigenvalue weighted by Crippen LogP contribution is 2.44. The molecule has 0 spiro atoms. The quantitative estimate of drug-likeness (QED) is 0.566. The van der Waals surface area contributed by atoms with Gasteiger partial charge in [-0.05, 0) is 54.4 Å². The van der Waals surface area contributed by atoms with Crippen molar-refractivity contribution in [3.05, 3.63) is 77.4 Å². The van der Waals surface area contributed by atoms with Crippen LogP contribution in [0.3, 0.4) is 0 Å². The Morgan fingerprint density at radius 1 is 0.857 bits per heavy atom. The van der Waals surface area contributed by atoms with Gasteiger partial charge in [-0.25, -0.2) is 8.78 Å². The molecular formula is C21H15F4NO2. The van der Waals surface area contributed by atoms with E-state index in [-0.39, 0.29) is 29.4 Å². The van der Waals surface area contributed by atoms with E-state index in [2.05, 4.69) is 14.8 Å². The Labute approximate surface area is 158 Å². The second-order valence-corrected chi connectivity index (χ2v) is 6.42. The molecule has 1 N–H and O–H groups in total. The monoisotopic (exact) mass is 389 g/mol. The molecular weight excluding hydrogens is 374 g/mol. The van der Waals surface area contributed by atoms with Gasteiger partial charge in [0, 0.05) is 23.4 Å². The van der Waals surface area contributed by atoms with Crippen LogP contribution < -0.4 is 14.8 Å². The zero-order valence-corrected chi connectivity index (χ0v) is 14.7. The van der Waals surface area contributed by atoms with Crippen molar-refractivity contribution in [1.29, 1.82) is 0 Å². The van der Waals surface area contributed by atoms with Crippen molar-refractivity contribution < 1.29 is 27.0 Å². The number of ether oxygens (including phenoxy) is 2.